The van der Waals surface area contributed by atoms with Crippen LogP contribution >= 0.6 is 11.3 Å². The molecule has 3 aromatic heterocycles. The third-order valence-corrected chi connectivity index (χ3v) is 7.27. The normalized spacial score (nSPS) is 13.8. The smallest absolute Gasteiger partial charge is 0.412 e. The van der Waals surface area contributed by atoms with E-state index in [1.165, 1.54) is 13.2 Å². The van der Waals surface area contributed by atoms with Gasteiger partial charge in [0.05, 0.1) is 18.2 Å². The summed E-state index contributed by atoms with van der Waals surface area (Å²) in [5, 5.41) is 9.53. The van der Waals surface area contributed by atoms with Gasteiger partial charge in [0, 0.05) is 36.9 Å². The molecule has 4 aromatic rings. The van der Waals surface area contributed by atoms with E-state index < -0.39 is 23.2 Å². The van der Waals surface area contributed by atoms with Crippen LogP contribution < -0.4 is 20.5 Å². The molecule has 13 heteroatoms. The number of anilines is 2. The van der Waals surface area contributed by atoms with Gasteiger partial charge in [0.15, 0.2) is 5.69 Å². The molecule has 214 valence electrons. The van der Waals surface area contributed by atoms with E-state index in [-0.39, 0.29) is 22.0 Å². The van der Waals surface area contributed by atoms with Crippen LogP contribution in [0.2, 0.25) is 0 Å². The lowest BCUT2D eigenvalue weighted by molar-refractivity contribution is 0.0636. The minimum Gasteiger partial charge on any atom is -0.497 e. The molecule has 0 bridgehead atoms. The number of carbonyl (C=O) groups is 2. The molecule has 1 fully saturated rings. The number of nitrogens with zero attached hydrogens (tertiary/aromatic N) is 5. The number of methoxy groups -OCH3 is 1. The van der Waals surface area contributed by atoms with E-state index in [4.69, 9.17) is 9.47 Å². The van der Waals surface area contributed by atoms with Crippen molar-refractivity contribution in [3.05, 3.63) is 69.8 Å². The van der Waals surface area contributed by atoms with Crippen LogP contribution in [0.5, 0.6) is 5.75 Å². The van der Waals surface area contributed by atoms with E-state index in [1.807, 2.05) is 4.90 Å². The molecule has 4 heterocycles. The quantitative estimate of drug-likeness (QED) is 0.347. The number of halogens is 1. The minimum atomic E-state index is -0.744. The van der Waals surface area contributed by atoms with E-state index >= 15 is 0 Å². The molecule has 0 saturated carbocycles. The Morgan fingerprint density at radius 3 is 2.39 bits per heavy atom. The van der Waals surface area contributed by atoms with Crippen LogP contribution in [0.4, 0.5) is 20.0 Å². The van der Waals surface area contributed by atoms with Gasteiger partial charge in [-0.3, -0.25) is 14.9 Å². The van der Waals surface area contributed by atoms with Gasteiger partial charge in [-0.1, -0.05) is 6.07 Å². The number of hydrogen-bond acceptors (Lipinski definition) is 9. The SMILES string of the molecule is COc1ccc(-n2nc(C(=O)N3CCN(c4cccc(F)n4)CC3)c3csc(NC(=O)OC(C)(C)C)c3c2=O)cc1. The number of pyridine rings is 1. The third kappa shape index (κ3) is 5.99. The number of nitrogens with one attached hydrogen (secondary N) is 1. The Kier molecular flexibility index (Phi) is 7.63. The molecule has 0 spiro atoms. The lowest BCUT2D eigenvalue weighted by Gasteiger charge is -2.35. The summed E-state index contributed by atoms with van der Waals surface area (Å²) in [4.78, 5) is 47.6. The number of carbonyl (C=O) groups excluding carboxylic acids is 2. The lowest BCUT2D eigenvalue weighted by Crippen LogP contribution is -2.49. The summed E-state index contributed by atoms with van der Waals surface area (Å²) < 4.78 is 25.4. The summed E-state index contributed by atoms with van der Waals surface area (Å²) in [6.07, 6.45) is -0.719. The maximum Gasteiger partial charge on any atom is 0.412 e. The van der Waals surface area contributed by atoms with Crippen LogP contribution in [-0.2, 0) is 4.74 Å². The maximum atomic E-state index is 13.9. The average molecular weight is 581 g/mol. The Hall–Kier alpha value is -4.52. The maximum absolute atomic E-state index is 13.9. The fraction of sp³-hybridized carbons (Fsp3) is 0.321. The van der Waals surface area contributed by atoms with Gasteiger partial charge in [-0.15, -0.1) is 11.3 Å². The third-order valence-electron chi connectivity index (χ3n) is 6.38. The number of amides is 2. The van der Waals surface area contributed by atoms with Crippen LogP contribution in [0.15, 0.2) is 52.6 Å². The summed E-state index contributed by atoms with van der Waals surface area (Å²) >= 11 is 1.11. The van der Waals surface area contributed by atoms with Crippen molar-refractivity contribution in [1.82, 2.24) is 19.7 Å². The number of rotatable bonds is 5. The van der Waals surface area contributed by atoms with E-state index in [1.54, 1.807) is 67.4 Å². The van der Waals surface area contributed by atoms with Crippen LogP contribution in [-0.4, -0.2) is 70.6 Å². The minimum absolute atomic E-state index is 0.0706. The summed E-state index contributed by atoms with van der Waals surface area (Å²) in [6.45, 7) is 6.78. The van der Waals surface area contributed by atoms with E-state index in [0.29, 0.717) is 48.8 Å². The van der Waals surface area contributed by atoms with Crippen molar-refractivity contribution < 1.29 is 23.5 Å². The van der Waals surface area contributed by atoms with Gasteiger partial charge < -0.3 is 19.3 Å². The molecule has 41 heavy (non-hydrogen) atoms. The second-order valence-electron chi connectivity index (χ2n) is 10.3. The zero-order valence-electron chi connectivity index (χ0n) is 23.0. The molecule has 1 N–H and O–H groups in total. The van der Waals surface area contributed by atoms with Crippen LogP contribution in [0.1, 0.15) is 31.3 Å². The molecule has 2 amide bonds. The highest BCUT2D eigenvalue weighted by Gasteiger charge is 2.29. The number of ether oxygens (including phenoxy) is 2. The van der Waals surface area contributed by atoms with Gasteiger partial charge in [0.25, 0.3) is 11.5 Å². The second-order valence-corrected chi connectivity index (χ2v) is 11.2. The highest BCUT2D eigenvalue weighted by molar-refractivity contribution is 7.16. The standard InChI is InChI=1S/C28H29FN6O5S/c1-28(2,3)40-27(38)31-24-22-19(16-41-24)23(32-35(25(22)36)17-8-10-18(39-4)11-9-17)26(37)34-14-12-33(13-15-34)21-7-5-6-20(29)30-21/h5-11,16H,12-15H2,1-4H3,(H,31,38). The van der Waals surface area contributed by atoms with E-state index in [2.05, 4.69) is 15.4 Å². The van der Waals surface area contributed by atoms with Crippen molar-refractivity contribution in [1.29, 1.82) is 0 Å². The number of benzene rings is 1. The molecule has 1 aromatic carbocycles. The molecule has 1 aliphatic heterocycles. The fourth-order valence-electron chi connectivity index (χ4n) is 4.46. The first-order chi connectivity index (χ1) is 19.5. The first-order valence-corrected chi connectivity index (χ1v) is 13.8. The highest BCUT2D eigenvalue weighted by atomic mass is 32.1. The van der Waals surface area contributed by atoms with Crippen molar-refractivity contribution >= 4 is 44.9 Å². The monoisotopic (exact) mass is 580 g/mol. The number of aromatic nitrogens is 3. The Morgan fingerprint density at radius 1 is 1.05 bits per heavy atom. The molecule has 1 saturated heterocycles. The van der Waals surface area contributed by atoms with Gasteiger partial charge in [-0.2, -0.15) is 14.2 Å². The Bertz CT molecular complexity index is 1660. The van der Waals surface area contributed by atoms with Gasteiger partial charge in [-0.05, 0) is 57.2 Å². The zero-order valence-corrected chi connectivity index (χ0v) is 23.8. The van der Waals surface area contributed by atoms with Crippen LogP contribution in [0.25, 0.3) is 16.5 Å². The van der Waals surface area contributed by atoms with Crippen molar-refractivity contribution in [2.75, 3.05) is 43.5 Å². The second kappa shape index (κ2) is 11.2. The summed E-state index contributed by atoms with van der Waals surface area (Å²) in [7, 11) is 1.53. The van der Waals surface area contributed by atoms with E-state index in [0.717, 1.165) is 16.0 Å². The molecule has 0 atom stereocenters. The lowest BCUT2D eigenvalue weighted by atomic mass is 10.2. The van der Waals surface area contributed by atoms with Gasteiger partial charge in [0.2, 0.25) is 5.95 Å². The molecule has 11 nitrogen and oxygen atoms in total. The van der Waals surface area contributed by atoms with E-state index in [9.17, 15) is 18.8 Å². The first-order valence-electron chi connectivity index (χ1n) is 12.9. The summed E-state index contributed by atoms with van der Waals surface area (Å²) in [5.41, 5.74) is -0.757. The summed E-state index contributed by atoms with van der Waals surface area (Å²) in [5.74, 6) is 0.154. The van der Waals surface area contributed by atoms with Crippen LogP contribution in [0.3, 0.4) is 0 Å². The average Bonchev–Trinajstić information content (AvgIpc) is 3.36. The molecular weight excluding hydrogens is 551 g/mol. The number of piperazine rings is 1. The van der Waals surface area contributed by atoms with Gasteiger partial charge in [-0.25, -0.2) is 9.78 Å². The van der Waals surface area contributed by atoms with Crippen molar-refractivity contribution in [2.45, 2.75) is 26.4 Å². The van der Waals surface area contributed by atoms with Crippen molar-refractivity contribution in [2.24, 2.45) is 0 Å². The van der Waals surface area contributed by atoms with Gasteiger partial charge in [0.1, 0.15) is 22.2 Å². The highest BCUT2D eigenvalue weighted by Crippen LogP contribution is 2.31. The zero-order chi connectivity index (χ0) is 29.3. The van der Waals surface area contributed by atoms with Crippen LogP contribution in [0, 0.1) is 5.95 Å². The Labute approximate surface area is 239 Å². The predicted molar refractivity (Wildman–Crippen MR) is 154 cm³/mol. The fourth-order valence-corrected chi connectivity index (χ4v) is 5.38. The van der Waals surface area contributed by atoms with Crippen molar-refractivity contribution in [3.63, 3.8) is 0 Å². The molecule has 5 rings (SSSR count). The number of fused-ring (bicyclic) bond motifs is 1. The topological polar surface area (TPSA) is 119 Å². The molecular formula is C28H29FN6O5S. The number of hydrogen-bond donors (Lipinski definition) is 1. The first kappa shape index (κ1) is 28.0. The number of thiophene rings is 1. The molecule has 0 radical (unpaired) electrons. The molecule has 0 unspecified atom stereocenters. The predicted octanol–water partition coefficient (Wildman–Crippen LogP) is 4.30. The molecule has 0 aliphatic carbocycles. The summed E-state index contributed by atoms with van der Waals surface area (Å²) in [6, 6.07) is 11.3. The largest absolute Gasteiger partial charge is 0.497 e. The Balaban J connectivity index is 1.51. The van der Waals surface area contributed by atoms with Crippen molar-refractivity contribution in [3.8, 4) is 11.4 Å². The molecule has 1 aliphatic rings. The Morgan fingerprint density at radius 2 is 1.76 bits per heavy atom. The van der Waals surface area contributed by atoms with Gasteiger partial charge >= 0.3 is 6.09 Å².